The number of aliphatic hydroxyl groups excluding tert-OH is 1. The van der Waals surface area contributed by atoms with E-state index in [4.69, 9.17) is 4.74 Å². The van der Waals surface area contributed by atoms with E-state index in [1.807, 2.05) is 30.3 Å². The second-order valence-electron chi connectivity index (χ2n) is 5.36. The van der Waals surface area contributed by atoms with Gasteiger partial charge in [0.15, 0.2) is 11.6 Å². The Bertz CT molecular complexity index is 676. The number of hydrogen-bond donors (Lipinski definition) is 1. The minimum absolute atomic E-state index is 0.0104. The van der Waals surface area contributed by atoms with E-state index >= 15 is 0 Å². The lowest BCUT2D eigenvalue weighted by molar-refractivity contribution is 0.00769. The van der Waals surface area contributed by atoms with Crippen LogP contribution in [0.15, 0.2) is 40.9 Å². The highest BCUT2D eigenvalue weighted by molar-refractivity contribution is 9.10. The van der Waals surface area contributed by atoms with Gasteiger partial charge in [-0.15, -0.1) is 0 Å². The van der Waals surface area contributed by atoms with Crippen LogP contribution in [-0.2, 0) is 11.3 Å². The molecule has 1 N–H and O–H groups in total. The van der Waals surface area contributed by atoms with Crippen LogP contribution >= 0.6 is 15.9 Å². The predicted molar refractivity (Wildman–Crippen MR) is 82.2 cm³/mol. The molecule has 2 aromatic carbocycles. The Kier molecular flexibility index (Phi) is 4.57. The Labute approximate surface area is 135 Å². The standard InChI is InChI=1S/C17H15BrF2O2/c18-11-8-12(19)17(20)16-13(21)6-7-14(15(11)16)22-9-10-4-2-1-3-5-10/h1-5,8,13-14,21H,6-7,9H2. The van der Waals surface area contributed by atoms with Crippen LogP contribution in [0.2, 0.25) is 0 Å². The van der Waals surface area contributed by atoms with Crippen molar-refractivity contribution in [3.63, 3.8) is 0 Å². The topological polar surface area (TPSA) is 29.5 Å². The van der Waals surface area contributed by atoms with Gasteiger partial charge in [0.2, 0.25) is 0 Å². The highest BCUT2D eigenvalue weighted by Crippen LogP contribution is 2.44. The molecule has 0 spiro atoms. The lowest BCUT2D eigenvalue weighted by Gasteiger charge is -2.30. The second-order valence-corrected chi connectivity index (χ2v) is 6.21. The maximum Gasteiger partial charge on any atom is 0.165 e. The van der Waals surface area contributed by atoms with Gasteiger partial charge in [-0.3, -0.25) is 0 Å². The SMILES string of the molecule is OC1CCC(OCc2ccccc2)c2c(Br)cc(F)c(F)c21. The Hall–Kier alpha value is -1.30. The lowest BCUT2D eigenvalue weighted by atomic mass is 9.86. The van der Waals surface area contributed by atoms with E-state index in [1.54, 1.807) is 0 Å². The summed E-state index contributed by atoms with van der Waals surface area (Å²) in [7, 11) is 0. The fourth-order valence-electron chi connectivity index (χ4n) is 2.82. The molecule has 0 amide bonds. The van der Waals surface area contributed by atoms with Gasteiger partial charge in [-0.2, -0.15) is 0 Å². The zero-order chi connectivity index (χ0) is 15.7. The fraction of sp³-hybridized carbons (Fsp3) is 0.294. The molecular weight excluding hydrogens is 354 g/mol. The molecular formula is C17H15BrF2O2. The summed E-state index contributed by atoms with van der Waals surface area (Å²) in [6, 6.07) is 10.7. The summed E-state index contributed by atoms with van der Waals surface area (Å²) in [5.41, 5.74) is 1.53. The molecule has 5 heteroatoms. The summed E-state index contributed by atoms with van der Waals surface area (Å²) in [5.74, 6) is -1.95. The average Bonchev–Trinajstić information content (AvgIpc) is 2.52. The highest BCUT2D eigenvalue weighted by Gasteiger charge is 2.33. The van der Waals surface area contributed by atoms with Gasteiger partial charge in [-0.25, -0.2) is 8.78 Å². The van der Waals surface area contributed by atoms with Crippen LogP contribution in [0.1, 0.15) is 41.7 Å². The summed E-state index contributed by atoms with van der Waals surface area (Å²) in [6.07, 6.45) is -0.467. The molecule has 0 aliphatic heterocycles. The summed E-state index contributed by atoms with van der Waals surface area (Å²) in [6.45, 7) is 0.381. The van der Waals surface area contributed by atoms with E-state index in [9.17, 15) is 13.9 Å². The lowest BCUT2D eigenvalue weighted by Crippen LogP contribution is -2.20. The second kappa shape index (κ2) is 6.44. The van der Waals surface area contributed by atoms with Crippen molar-refractivity contribution in [2.75, 3.05) is 0 Å². The molecule has 2 unspecified atom stereocenters. The van der Waals surface area contributed by atoms with Crippen molar-refractivity contribution in [1.29, 1.82) is 0 Å². The van der Waals surface area contributed by atoms with Crippen LogP contribution < -0.4 is 0 Å². The third-order valence-corrected chi connectivity index (χ3v) is 4.55. The molecule has 0 bridgehead atoms. The van der Waals surface area contributed by atoms with Gasteiger partial charge in [-0.05, 0) is 24.5 Å². The molecule has 0 saturated heterocycles. The van der Waals surface area contributed by atoms with Crippen molar-refractivity contribution in [3.05, 3.63) is 69.2 Å². The number of benzene rings is 2. The van der Waals surface area contributed by atoms with Crippen LogP contribution in [0.4, 0.5) is 8.78 Å². The van der Waals surface area contributed by atoms with Gasteiger partial charge in [0.1, 0.15) is 0 Å². The van der Waals surface area contributed by atoms with E-state index in [1.165, 1.54) is 0 Å². The van der Waals surface area contributed by atoms with Crippen molar-refractivity contribution in [2.24, 2.45) is 0 Å². The summed E-state index contributed by atoms with van der Waals surface area (Å²) >= 11 is 3.26. The van der Waals surface area contributed by atoms with Crippen molar-refractivity contribution >= 4 is 15.9 Å². The quantitative estimate of drug-likeness (QED) is 0.787. The van der Waals surface area contributed by atoms with E-state index in [2.05, 4.69) is 15.9 Å². The predicted octanol–water partition coefficient (Wildman–Crippen LogP) is 4.81. The van der Waals surface area contributed by atoms with Crippen LogP contribution in [0.5, 0.6) is 0 Å². The van der Waals surface area contributed by atoms with Crippen LogP contribution in [0.25, 0.3) is 0 Å². The maximum atomic E-state index is 14.0. The van der Waals surface area contributed by atoms with E-state index in [-0.39, 0.29) is 11.7 Å². The molecule has 0 radical (unpaired) electrons. The molecule has 0 fully saturated rings. The first kappa shape index (κ1) is 15.6. The molecule has 2 atom stereocenters. The molecule has 1 aliphatic carbocycles. The summed E-state index contributed by atoms with van der Waals surface area (Å²) < 4.78 is 33.9. The van der Waals surface area contributed by atoms with Gasteiger partial charge < -0.3 is 9.84 Å². The molecule has 0 aromatic heterocycles. The summed E-state index contributed by atoms with van der Waals surface area (Å²) in [5, 5.41) is 10.0. The normalized spacial score (nSPS) is 20.7. The van der Waals surface area contributed by atoms with Gasteiger partial charge in [0, 0.05) is 15.6 Å². The minimum Gasteiger partial charge on any atom is -0.388 e. The number of rotatable bonds is 3. The molecule has 0 saturated carbocycles. The number of hydrogen-bond acceptors (Lipinski definition) is 2. The Morgan fingerprint density at radius 1 is 1.14 bits per heavy atom. The van der Waals surface area contributed by atoms with E-state index in [0.29, 0.717) is 29.5 Å². The zero-order valence-electron chi connectivity index (χ0n) is 11.7. The smallest absolute Gasteiger partial charge is 0.165 e. The molecule has 22 heavy (non-hydrogen) atoms. The van der Waals surface area contributed by atoms with Crippen LogP contribution in [0.3, 0.4) is 0 Å². The highest BCUT2D eigenvalue weighted by atomic mass is 79.9. The van der Waals surface area contributed by atoms with Gasteiger partial charge in [0.05, 0.1) is 18.8 Å². The van der Waals surface area contributed by atoms with Crippen molar-refractivity contribution in [2.45, 2.75) is 31.7 Å². The third-order valence-electron chi connectivity index (χ3n) is 3.90. The Balaban J connectivity index is 1.90. The molecule has 3 rings (SSSR count). The molecule has 2 aromatic rings. The molecule has 0 heterocycles. The van der Waals surface area contributed by atoms with Gasteiger partial charge in [0.25, 0.3) is 0 Å². The fourth-order valence-corrected chi connectivity index (χ4v) is 3.49. The van der Waals surface area contributed by atoms with Crippen LogP contribution in [0, 0.1) is 11.6 Å². The van der Waals surface area contributed by atoms with Crippen LogP contribution in [-0.4, -0.2) is 5.11 Å². The molecule has 2 nitrogen and oxygen atoms in total. The third kappa shape index (κ3) is 2.93. The molecule has 1 aliphatic rings. The van der Waals surface area contributed by atoms with E-state index < -0.39 is 17.7 Å². The number of ether oxygens (including phenoxy) is 1. The first-order chi connectivity index (χ1) is 10.6. The van der Waals surface area contributed by atoms with Crippen molar-refractivity contribution in [3.8, 4) is 0 Å². The Morgan fingerprint density at radius 3 is 2.59 bits per heavy atom. The number of halogens is 3. The average molecular weight is 369 g/mol. The monoisotopic (exact) mass is 368 g/mol. The molecule has 116 valence electrons. The van der Waals surface area contributed by atoms with Crippen molar-refractivity contribution < 1.29 is 18.6 Å². The summed E-state index contributed by atoms with van der Waals surface area (Å²) in [4.78, 5) is 0. The van der Waals surface area contributed by atoms with Crippen molar-refractivity contribution in [1.82, 2.24) is 0 Å². The zero-order valence-corrected chi connectivity index (χ0v) is 13.3. The van der Waals surface area contributed by atoms with Gasteiger partial charge >= 0.3 is 0 Å². The first-order valence-electron chi connectivity index (χ1n) is 7.08. The van der Waals surface area contributed by atoms with E-state index in [0.717, 1.165) is 11.6 Å². The number of fused-ring (bicyclic) bond motifs is 1. The minimum atomic E-state index is -1.00. The van der Waals surface area contributed by atoms with Gasteiger partial charge in [-0.1, -0.05) is 46.3 Å². The Morgan fingerprint density at radius 2 is 1.86 bits per heavy atom. The number of aliphatic hydroxyl groups is 1. The first-order valence-corrected chi connectivity index (χ1v) is 7.88. The maximum absolute atomic E-state index is 14.0. The largest absolute Gasteiger partial charge is 0.388 e.